The number of hydrogen-bond acceptors (Lipinski definition) is 2. The van der Waals surface area contributed by atoms with E-state index in [0.29, 0.717) is 19.3 Å². The summed E-state index contributed by atoms with van der Waals surface area (Å²) in [5.74, 6) is 5.48. The van der Waals surface area contributed by atoms with Gasteiger partial charge in [-0.2, -0.15) is 0 Å². The Morgan fingerprint density at radius 3 is 2.05 bits per heavy atom. The fourth-order valence-electron chi connectivity index (χ4n) is 2.87. The highest BCUT2D eigenvalue weighted by Crippen LogP contribution is 2.32. The van der Waals surface area contributed by atoms with Gasteiger partial charge < -0.3 is 0 Å². The van der Waals surface area contributed by atoms with Crippen LogP contribution in [-0.4, -0.2) is 11.6 Å². The number of Topliss-reactive ketones (excluding diaryl/α,β-unsaturated/α-hetero) is 2. The number of hydrogen-bond donors (Lipinski definition) is 0. The van der Waals surface area contributed by atoms with Gasteiger partial charge in [-0.15, -0.1) is 5.92 Å². The van der Waals surface area contributed by atoms with Crippen LogP contribution in [0.4, 0.5) is 0 Å². The van der Waals surface area contributed by atoms with E-state index in [1.807, 2.05) is 26.0 Å². The SMILES string of the molecule is CC#Cc1cc(C)c(C2C(=O)CCCC2=O)c(C)c1. The standard InChI is InChI=1S/C17H18O2/c1-4-6-13-9-11(2)16(12(3)10-13)17-14(18)7-5-8-15(17)19/h9-10,17H,5,7-8H2,1-3H3. The maximum absolute atomic E-state index is 12.1. The van der Waals surface area contributed by atoms with Gasteiger partial charge in [-0.3, -0.25) is 9.59 Å². The fraction of sp³-hybridized carbons (Fsp3) is 0.412. The van der Waals surface area contributed by atoms with Crippen LogP contribution in [0.25, 0.3) is 0 Å². The van der Waals surface area contributed by atoms with E-state index in [2.05, 4.69) is 11.8 Å². The summed E-state index contributed by atoms with van der Waals surface area (Å²) in [5.41, 5.74) is 3.83. The Kier molecular flexibility index (Phi) is 3.85. The quantitative estimate of drug-likeness (QED) is 0.570. The zero-order valence-corrected chi connectivity index (χ0v) is 11.7. The molecule has 1 fully saturated rings. The minimum atomic E-state index is -0.544. The molecule has 0 aliphatic heterocycles. The summed E-state index contributed by atoms with van der Waals surface area (Å²) in [6.45, 7) is 5.71. The molecule has 0 amide bonds. The highest BCUT2D eigenvalue weighted by Gasteiger charge is 2.33. The van der Waals surface area contributed by atoms with Crippen molar-refractivity contribution in [1.82, 2.24) is 0 Å². The maximum atomic E-state index is 12.1. The van der Waals surface area contributed by atoms with Gasteiger partial charge in [-0.1, -0.05) is 5.92 Å². The first kappa shape index (κ1) is 13.5. The van der Waals surface area contributed by atoms with Gasteiger partial charge in [0.2, 0.25) is 0 Å². The number of rotatable bonds is 1. The molecule has 0 spiro atoms. The minimum Gasteiger partial charge on any atom is -0.299 e. The molecule has 19 heavy (non-hydrogen) atoms. The number of aryl methyl sites for hydroxylation is 2. The predicted octanol–water partition coefficient (Wildman–Crippen LogP) is 3.08. The molecule has 0 aromatic heterocycles. The van der Waals surface area contributed by atoms with E-state index in [4.69, 9.17) is 0 Å². The molecule has 0 N–H and O–H groups in total. The first-order valence-corrected chi connectivity index (χ1v) is 6.64. The van der Waals surface area contributed by atoms with Crippen molar-refractivity contribution < 1.29 is 9.59 Å². The average Bonchev–Trinajstić information content (AvgIpc) is 2.32. The summed E-state index contributed by atoms with van der Waals surface area (Å²) in [7, 11) is 0. The van der Waals surface area contributed by atoms with E-state index in [9.17, 15) is 9.59 Å². The third kappa shape index (κ3) is 2.61. The molecule has 1 aromatic carbocycles. The van der Waals surface area contributed by atoms with E-state index >= 15 is 0 Å². The summed E-state index contributed by atoms with van der Waals surface area (Å²) in [6.07, 6.45) is 1.74. The lowest BCUT2D eigenvalue weighted by atomic mass is 9.78. The normalized spacial score (nSPS) is 16.2. The average molecular weight is 254 g/mol. The van der Waals surface area contributed by atoms with Gasteiger partial charge in [0, 0.05) is 18.4 Å². The summed E-state index contributed by atoms with van der Waals surface area (Å²) >= 11 is 0. The molecule has 0 saturated heterocycles. The Bertz CT molecular complexity index is 560. The third-order valence-corrected chi connectivity index (χ3v) is 3.64. The van der Waals surface area contributed by atoms with Gasteiger partial charge in [0.15, 0.2) is 0 Å². The van der Waals surface area contributed by atoms with Crippen molar-refractivity contribution in [2.45, 2.75) is 46.0 Å². The van der Waals surface area contributed by atoms with Gasteiger partial charge in [0.1, 0.15) is 17.5 Å². The van der Waals surface area contributed by atoms with Crippen molar-refractivity contribution in [2.75, 3.05) is 0 Å². The molecule has 1 saturated carbocycles. The number of carbonyl (C=O) groups excluding carboxylic acids is 2. The van der Waals surface area contributed by atoms with Gasteiger partial charge in [-0.05, 0) is 56.0 Å². The minimum absolute atomic E-state index is 0.0665. The van der Waals surface area contributed by atoms with E-state index in [1.165, 1.54) is 0 Å². The molecule has 2 heteroatoms. The number of benzene rings is 1. The van der Waals surface area contributed by atoms with E-state index < -0.39 is 5.92 Å². The van der Waals surface area contributed by atoms with Crippen molar-refractivity contribution >= 4 is 11.6 Å². The third-order valence-electron chi connectivity index (χ3n) is 3.64. The van der Waals surface area contributed by atoms with Crippen LogP contribution >= 0.6 is 0 Å². The van der Waals surface area contributed by atoms with Gasteiger partial charge >= 0.3 is 0 Å². The van der Waals surface area contributed by atoms with Crippen LogP contribution in [-0.2, 0) is 9.59 Å². The zero-order valence-electron chi connectivity index (χ0n) is 11.7. The van der Waals surface area contributed by atoms with Crippen molar-refractivity contribution in [3.63, 3.8) is 0 Å². The van der Waals surface area contributed by atoms with Crippen molar-refractivity contribution in [3.05, 3.63) is 34.4 Å². The first-order valence-electron chi connectivity index (χ1n) is 6.64. The lowest BCUT2D eigenvalue weighted by Gasteiger charge is -2.23. The lowest BCUT2D eigenvalue weighted by Crippen LogP contribution is -2.27. The Labute approximate surface area is 114 Å². The molecular formula is C17H18O2. The van der Waals surface area contributed by atoms with E-state index in [0.717, 1.165) is 22.3 Å². The topological polar surface area (TPSA) is 34.1 Å². The van der Waals surface area contributed by atoms with Crippen LogP contribution in [0.5, 0.6) is 0 Å². The van der Waals surface area contributed by atoms with Crippen LogP contribution in [0.1, 0.15) is 54.4 Å². The van der Waals surface area contributed by atoms with Gasteiger partial charge in [0.05, 0.1) is 0 Å². The van der Waals surface area contributed by atoms with Crippen LogP contribution in [0.15, 0.2) is 12.1 Å². The molecule has 0 radical (unpaired) electrons. The van der Waals surface area contributed by atoms with Crippen LogP contribution < -0.4 is 0 Å². The van der Waals surface area contributed by atoms with Crippen molar-refractivity contribution in [3.8, 4) is 11.8 Å². The molecule has 2 rings (SSSR count). The zero-order chi connectivity index (χ0) is 14.0. The molecule has 1 aliphatic rings. The molecule has 0 bridgehead atoms. The predicted molar refractivity (Wildman–Crippen MR) is 75.1 cm³/mol. The van der Waals surface area contributed by atoms with Crippen LogP contribution in [0.2, 0.25) is 0 Å². The summed E-state index contributed by atoms with van der Waals surface area (Å²) in [4.78, 5) is 24.1. The van der Waals surface area contributed by atoms with E-state index in [1.54, 1.807) is 6.92 Å². The maximum Gasteiger partial charge on any atom is 0.147 e. The Morgan fingerprint density at radius 2 is 1.58 bits per heavy atom. The smallest absolute Gasteiger partial charge is 0.147 e. The van der Waals surface area contributed by atoms with Gasteiger partial charge in [-0.25, -0.2) is 0 Å². The Balaban J connectivity index is 2.52. The fourth-order valence-corrected chi connectivity index (χ4v) is 2.87. The number of carbonyl (C=O) groups is 2. The molecular weight excluding hydrogens is 236 g/mol. The Morgan fingerprint density at radius 1 is 1.05 bits per heavy atom. The molecule has 2 nitrogen and oxygen atoms in total. The van der Waals surface area contributed by atoms with Crippen LogP contribution in [0, 0.1) is 25.7 Å². The molecule has 0 heterocycles. The largest absolute Gasteiger partial charge is 0.299 e. The second kappa shape index (κ2) is 5.40. The van der Waals surface area contributed by atoms with Gasteiger partial charge in [0.25, 0.3) is 0 Å². The summed E-state index contributed by atoms with van der Waals surface area (Å²) in [6, 6.07) is 3.93. The highest BCUT2D eigenvalue weighted by molar-refractivity contribution is 6.09. The summed E-state index contributed by atoms with van der Waals surface area (Å²) in [5, 5.41) is 0. The Hall–Kier alpha value is -1.88. The highest BCUT2D eigenvalue weighted by atomic mass is 16.2. The molecule has 0 atom stereocenters. The monoisotopic (exact) mass is 254 g/mol. The molecule has 0 unspecified atom stereocenters. The molecule has 1 aliphatic carbocycles. The van der Waals surface area contributed by atoms with Crippen LogP contribution in [0.3, 0.4) is 0 Å². The number of ketones is 2. The van der Waals surface area contributed by atoms with E-state index in [-0.39, 0.29) is 11.6 Å². The van der Waals surface area contributed by atoms with Crippen molar-refractivity contribution in [2.24, 2.45) is 0 Å². The summed E-state index contributed by atoms with van der Waals surface area (Å²) < 4.78 is 0. The van der Waals surface area contributed by atoms with Crippen molar-refractivity contribution in [1.29, 1.82) is 0 Å². The second-order valence-electron chi connectivity index (χ2n) is 5.12. The molecule has 1 aromatic rings. The lowest BCUT2D eigenvalue weighted by molar-refractivity contribution is -0.131. The second-order valence-corrected chi connectivity index (χ2v) is 5.12. The first-order chi connectivity index (χ1) is 9.04. The molecule has 98 valence electrons.